The Bertz CT molecular complexity index is 1130. The topological polar surface area (TPSA) is 122 Å². The summed E-state index contributed by atoms with van der Waals surface area (Å²) >= 11 is 1.45. The number of nitrogens with one attached hydrogen (secondary N) is 2. The molecule has 0 saturated heterocycles. The quantitative estimate of drug-likeness (QED) is 0.176. The Morgan fingerprint density at radius 1 is 1.03 bits per heavy atom. The van der Waals surface area contributed by atoms with Gasteiger partial charge in [-0.15, -0.1) is 0 Å². The predicted molar refractivity (Wildman–Crippen MR) is 140 cm³/mol. The summed E-state index contributed by atoms with van der Waals surface area (Å²) in [5, 5.41) is 12.1. The Kier molecular flexibility index (Phi) is 10.4. The molecular formula is C24H34N6O5S. The van der Waals surface area contributed by atoms with E-state index >= 15 is 0 Å². The molecule has 3 aromatic rings. The number of aromatic nitrogens is 4. The first-order valence-corrected chi connectivity index (χ1v) is 13.1. The van der Waals surface area contributed by atoms with Gasteiger partial charge in [-0.2, -0.15) is 5.10 Å². The number of methoxy groups -OCH3 is 1. The lowest BCUT2D eigenvalue weighted by molar-refractivity contribution is 0.0951. The van der Waals surface area contributed by atoms with Crippen LogP contribution in [0.1, 0.15) is 31.1 Å². The van der Waals surface area contributed by atoms with Gasteiger partial charge in [0.25, 0.3) is 5.91 Å². The minimum Gasteiger partial charge on any atom is -0.490 e. The molecule has 0 fully saturated rings. The summed E-state index contributed by atoms with van der Waals surface area (Å²) in [6, 6.07) is 3.34. The van der Waals surface area contributed by atoms with Crippen LogP contribution in [0, 0.1) is 0 Å². The average molecular weight is 519 g/mol. The Morgan fingerprint density at radius 3 is 2.33 bits per heavy atom. The second-order valence-electron chi connectivity index (χ2n) is 7.44. The molecule has 11 nitrogen and oxygen atoms in total. The first-order chi connectivity index (χ1) is 17.6. The fraction of sp³-hybridized carbons (Fsp3) is 0.500. The van der Waals surface area contributed by atoms with Crippen molar-refractivity contribution >= 4 is 34.5 Å². The molecule has 12 heteroatoms. The number of rotatable bonds is 15. The van der Waals surface area contributed by atoms with E-state index in [2.05, 4.69) is 25.7 Å². The maximum Gasteiger partial charge on any atom is 0.251 e. The van der Waals surface area contributed by atoms with Crippen molar-refractivity contribution in [1.29, 1.82) is 0 Å². The van der Waals surface area contributed by atoms with E-state index in [1.54, 1.807) is 30.1 Å². The van der Waals surface area contributed by atoms with Crippen LogP contribution in [0.15, 0.2) is 23.5 Å². The fourth-order valence-corrected chi connectivity index (χ4v) is 3.85. The van der Waals surface area contributed by atoms with Crippen LogP contribution in [0.3, 0.4) is 0 Å². The first-order valence-electron chi connectivity index (χ1n) is 11.9. The summed E-state index contributed by atoms with van der Waals surface area (Å²) in [7, 11) is 1.65. The van der Waals surface area contributed by atoms with Crippen LogP contribution >= 0.6 is 11.8 Å². The molecule has 0 aliphatic carbocycles. The zero-order valence-electron chi connectivity index (χ0n) is 21.4. The molecule has 1 aromatic carbocycles. The molecule has 2 N–H and O–H groups in total. The fourth-order valence-electron chi connectivity index (χ4n) is 3.49. The number of thioether (sulfide) groups is 1. The molecule has 36 heavy (non-hydrogen) atoms. The maximum atomic E-state index is 13.0. The number of fused-ring (bicyclic) bond motifs is 1. The SMILES string of the molecule is CCOc1cc(C(=O)NCCn2ncc3c(NCCOC)nc(SC)nc32)cc(OCC)c1OCC. The van der Waals surface area contributed by atoms with Gasteiger partial charge in [0, 0.05) is 25.8 Å². The van der Waals surface area contributed by atoms with Gasteiger partial charge in [0.2, 0.25) is 5.75 Å². The average Bonchev–Trinajstić information content (AvgIpc) is 3.29. The van der Waals surface area contributed by atoms with Crippen molar-refractivity contribution in [1.82, 2.24) is 25.1 Å². The summed E-state index contributed by atoms with van der Waals surface area (Å²) in [6.45, 7) is 8.92. The molecular weight excluding hydrogens is 484 g/mol. The van der Waals surface area contributed by atoms with E-state index in [-0.39, 0.29) is 5.91 Å². The minimum atomic E-state index is -0.252. The van der Waals surface area contributed by atoms with Gasteiger partial charge >= 0.3 is 0 Å². The third-order valence-electron chi connectivity index (χ3n) is 5.04. The van der Waals surface area contributed by atoms with Gasteiger partial charge in [-0.25, -0.2) is 14.6 Å². The summed E-state index contributed by atoms with van der Waals surface area (Å²) in [5.74, 6) is 1.90. The minimum absolute atomic E-state index is 0.252. The molecule has 0 radical (unpaired) electrons. The molecule has 0 saturated carbocycles. The number of nitrogens with zero attached hydrogens (tertiary/aromatic N) is 4. The second-order valence-corrected chi connectivity index (χ2v) is 8.21. The summed E-state index contributed by atoms with van der Waals surface area (Å²) in [6.07, 6.45) is 3.65. The van der Waals surface area contributed by atoms with Crippen LogP contribution in [0.25, 0.3) is 11.0 Å². The highest BCUT2D eigenvalue weighted by Crippen LogP contribution is 2.39. The van der Waals surface area contributed by atoms with Gasteiger partial charge in [-0.3, -0.25) is 4.79 Å². The zero-order chi connectivity index (χ0) is 25.9. The lowest BCUT2D eigenvalue weighted by atomic mass is 10.1. The number of amides is 1. The van der Waals surface area contributed by atoms with E-state index in [1.807, 2.05) is 27.0 Å². The highest BCUT2D eigenvalue weighted by molar-refractivity contribution is 7.98. The number of anilines is 1. The van der Waals surface area contributed by atoms with Gasteiger partial charge in [0.15, 0.2) is 22.3 Å². The van der Waals surface area contributed by atoms with Gasteiger partial charge in [0.05, 0.1) is 44.6 Å². The molecule has 196 valence electrons. The van der Waals surface area contributed by atoms with Crippen LogP contribution in [0.5, 0.6) is 17.2 Å². The van der Waals surface area contributed by atoms with E-state index in [0.29, 0.717) is 85.5 Å². The van der Waals surface area contributed by atoms with Crippen LogP contribution in [-0.4, -0.2) is 78.5 Å². The summed E-state index contributed by atoms with van der Waals surface area (Å²) in [5.41, 5.74) is 1.12. The smallest absolute Gasteiger partial charge is 0.251 e. The van der Waals surface area contributed by atoms with Gasteiger partial charge < -0.3 is 29.6 Å². The maximum absolute atomic E-state index is 13.0. The second kappa shape index (κ2) is 13.7. The molecule has 0 aliphatic heterocycles. The van der Waals surface area contributed by atoms with Gasteiger partial charge in [0.1, 0.15) is 5.82 Å². The van der Waals surface area contributed by atoms with Crippen molar-refractivity contribution < 1.29 is 23.7 Å². The molecule has 2 heterocycles. The van der Waals surface area contributed by atoms with E-state index in [0.717, 1.165) is 5.39 Å². The van der Waals surface area contributed by atoms with E-state index in [1.165, 1.54) is 11.8 Å². The Balaban J connectivity index is 1.75. The van der Waals surface area contributed by atoms with Crippen molar-refractivity contribution in [3.63, 3.8) is 0 Å². The third kappa shape index (κ3) is 6.70. The molecule has 0 spiro atoms. The van der Waals surface area contributed by atoms with Crippen LogP contribution in [-0.2, 0) is 11.3 Å². The van der Waals surface area contributed by atoms with E-state index in [4.69, 9.17) is 18.9 Å². The standard InChI is InChI=1S/C24H34N6O5S/c1-6-33-18-13-16(14-19(34-7-2)20(18)35-8-3)23(31)26-9-11-30-22-17(15-27-30)21(25-10-12-32-4)28-24(29-22)36-5/h13-15H,6-12H2,1-5H3,(H,26,31)(H,25,28,29). The summed E-state index contributed by atoms with van der Waals surface area (Å²) < 4.78 is 24.0. The lowest BCUT2D eigenvalue weighted by Gasteiger charge is -2.17. The Labute approximate surface area is 215 Å². The highest BCUT2D eigenvalue weighted by Gasteiger charge is 2.19. The normalized spacial score (nSPS) is 10.9. The van der Waals surface area contributed by atoms with E-state index < -0.39 is 0 Å². The number of hydrogen-bond acceptors (Lipinski definition) is 10. The largest absolute Gasteiger partial charge is 0.490 e. The Morgan fingerprint density at radius 2 is 1.72 bits per heavy atom. The number of carbonyl (C=O) groups is 1. The number of benzene rings is 1. The predicted octanol–water partition coefficient (Wildman–Crippen LogP) is 3.23. The van der Waals surface area contributed by atoms with Gasteiger partial charge in [-0.05, 0) is 39.2 Å². The van der Waals surface area contributed by atoms with Crippen LogP contribution in [0.2, 0.25) is 0 Å². The van der Waals surface area contributed by atoms with E-state index in [9.17, 15) is 4.79 Å². The van der Waals surface area contributed by atoms with Crippen molar-refractivity contribution in [2.24, 2.45) is 0 Å². The molecule has 0 unspecified atom stereocenters. The molecule has 0 aliphatic rings. The molecule has 0 bridgehead atoms. The van der Waals surface area contributed by atoms with Gasteiger partial charge in [-0.1, -0.05) is 11.8 Å². The lowest BCUT2D eigenvalue weighted by Crippen LogP contribution is -2.27. The van der Waals surface area contributed by atoms with Crippen molar-refractivity contribution in [3.05, 3.63) is 23.9 Å². The summed E-state index contributed by atoms with van der Waals surface area (Å²) in [4.78, 5) is 22.1. The molecule has 2 aromatic heterocycles. The van der Waals surface area contributed by atoms with Crippen molar-refractivity contribution in [3.8, 4) is 17.2 Å². The third-order valence-corrected chi connectivity index (χ3v) is 5.59. The molecule has 3 rings (SSSR count). The number of carbonyl (C=O) groups excluding carboxylic acids is 1. The number of hydrogen-bond donors (Lipinski definition) is 2. The van der Waals surface area contributed by atoms with Crippen molar-refractivity contribution in [2.75, 3.05) is 58.2 Å². The number of ether oxygens (including phenoxy) is 4. The van der Waals surface area contributed by atoms with Crippen LogP contribution < -0.4 is 24.8 Å². The van der Waals surface area contributed by atoms with Crippen molar-refractivity contribution in [2.45, 2.75) is 32.5 Å². The first kappa shape index (κ1) is 27.3. The molecule has 1 amide bonds. The highest BCUT2D eigenvalue weighted by atomic mass is 32.2. The van der Waals surface area contributed by atoms with Crippen LogP contribution in [0.4, 0.5) is 5.82 Å². The zero-order valence-corrected chi connectivity index (χ0v) is 22.2. The Hall–Kier alpha value is -3.25. The monoisotopic (exact) mass is 518 g/mol. The molecule has 0 atom stereocenters.